The Morgan fingerprint density at radius 1 is 1.21 bits per heavy atom. The summed E-state index contributed by atoms with van der Waals surface area (Å²) in [4.78, 5) is 28.9. The molecule has 0 bridgehead atoms. The summed E-state index contributed by atoms with van der Waals surface area (Å²) in [6.07, 6.45) is 0.261. The molecule has 4 nitrogen and oxygen atoms in total. The second-order valence-electron chi connectivity index (χ2n) is 7.39. The zero-order chi connectivity index (χ0) is 17.9. The smallest absolute Gasteiger partial charge is 0.228 e. The van der Waals surface area contributed by atoms with E-state index in [2.05, 4.69) is 27.7 Å². The summed E-state index contributed by atoms with van der Waals surface area (Å²) < 4.78 is 0. The molecule has 24 heavy (non-hydrogen) atoms. The predicted octanol–water partition coefficient (Wildman–Crippen LogP) is 3.83. The number of nitrogens with zero attached hydrogens (tertiary/aromatic N) is 2. The fourth-order valence-electron chi connectivity index (χ4n) is 3.17. The average Bonchev–Trinajstić information content (AvgIpc) is 2.87. The third-order valence-corrected chi connectivity index (χ3v) is 4.42. The lowest BCUT2D eigenvalue weighted by Crippen LogP contribution is -2.41. The van der Waals surface area contributed by atoms with E-state index in [9.17, 15) is 9.59 Å². The first-order valence-electron chi connectivity index (χ1n) is 8.63. The van der Waals surface area contributed by atoms with Crippen LogP contribution in [-0.4, -0.2) is 36.3 Å². The van der Waals surface area contributed by atoms with Crippen molar-refractivity contribution in [2.75, 3.05) is 24.5 Å². The number of hydrogen-bond donors (Lipinski definition) is 0. The molecule has 5 heteroatoms. The summed E-state index contributed by atoms with van der Waals surface area (Å²) in [5, 5.41) is 0.542. The third kappa shape index (κ3) is 4.50. The molecular formula is C19H27ClN2O2. The number of carbonyl (C=O) groups excluding carboxylic acids is 2. The lowest BCUT2D eigenvalue weighted by atomic mass is 10.0. The average molecular weight is 351 g/mol. The second kappa shape index (κ2) is 8.02. The quantitative estimate of drug-likeness (QED) is 0.782. The topological polar surface area (TPSA) is 40.6 Å². The molecule has 2 rings (SSSR count). The van der Waals surface area contributed by atoms with Gasteiger partial charge < -0.3 is 9.80 Å². The van der Waals surface area contributed by atoms with E-state index in [0.717, 1.165) is 13.1 Å². The maximum Gasteiger partial charge on any atom is 0.228 e. The van der Waals surface area contributed by atoms with Gasteiger partial charge in [-0.25, -0.2) is 0 Å². The van der Waals surface area contributed by atoms with Gasteiger partial charge >= 0.3 is 0 Å². The van der Waals surface area contributed by atoms with Gasteiger partial charge in [-0.2, -0.15) is 0 Å². The zero-order valence-electron chi connectivity index (χ0n) is 15.0. The first-order valence-corrected chi connectivity index (χ1v) is 9.01. The molecule has 1 aliphatic heterocycles. The minimum absolute atomic E-state index is 0.0320. The number of hydrogen-bond acceptors (Lipinski definition) is 2. The molecule has 1 unspecified atom stereocenters. The van der Waals surface area contributed by atoms with E-state index >= 15 is 0 Å². The number of amides is 2. The Kier molecular flexibility index (Phi) is 6.27. The van der Waals surface area contributed by atoms with Gasteiger partial charge in [-0.3, -0.25) is 9.59 Å². The first kappa shape index (κ1) is 18.8. The van der Waals surface area contributed by atoms with E-state index < -0.39 is 0 Å². The van der Waals surface area contributed by atoms with E-state index in [-0.39, 0.29) is 24.2 Å². The maximum atomic E-state index is 12.9. The van der Waals surface area contributed by atoms with Crippen LogP contribution in [0.25, 0.3) is 0 Å². The van der Waals surface area contributed by atoms with Crippen molar-refractivity contribution >= 4 is 29.1 Å². The van der Waals surface area contributed by atoms with E-state index in [0.29, 0.717) is 29.1 Å². The van der Waals surface area contributed by atoms with Crippen molar-refractivity contribution in [2.24, 2.45) is 17.8 Å². The number of benzene rings is 1. The summed E-state index contributed by atoms with van der Waals surface area (Å²) in [5.74, 6) is 0.580. The summed E-state index contributed by atoms with van der Waals surface area (Å²) in [5.41, 5.74) is 0.693. The van der Waals surface area contributed by atoms with Gasteiger partial charge in [-0.1, -0.05) is 51.4 Å². The highest BCUT2D eigenvalue weighted by atomic mass is 35.5. The monoisotopic (exact) mass is 350 g/mol. The van der Waals surface area contributed by atoms with Gasteiger partial charge in [0, 0.05) is 26.1 Å². The van der Waals surface area contributed by atoms with Gasteiger partial charge in [-0.05, 0) is 24.0 Å². The molecule has 0 aliphatic carbocycles. The third-order valence-electron chi connectivity index (χ3n) is 4.10. The van der Waals surface area contributed by atoms with E-state index in [1.54, 1.807) is 11.0 Å². The molecule has 1 aliphatic rings. The Morgan fingerprint density at radius 2 is 1.79 bits per heavy atom. The van der Waals surface area contributed by atoms with Crippen LogP contribution in [0.2, 0.25) is 5.02 Å². The van der Waals surface area contributed by atoms with Gasteiger partial charge in [0.25, 0.3) is 0 Å². The molecular weight excluding hydrogens is 324 g/mol. The highest BCUT2D eigenvalue weighted by Crippen LogP contribution is 2.31. The number of rotatable bonds is 6. The van der Waals surface area contributed by atoms with Gasteiger partial charge in [-0.15, -0.1) is 0 Å². The summed E-state index contributed by atoms with van der Waals surface area (Å²) in [6, 6.07) is 7.28. The first-order chi connectivity index (χ1) is 11.3. The van der Waals surface area contributed by atoms with Gasteiger partial charge in [0.1, 0.15) is 0 Å². The Hall–Kier alpha value is -1.55. The number of anilines is 1. The van der Waals surface area contributed by atoms with Crippen molar-refractivity contribution in [3.8, 4) is 0 Å². The molecule has 1 fully saturated rings. The standard InChI is InChI=1S/C19H27ClN2O2/c1-13(2)10-21(11-14(3)4)19(24)15-9-18(23)22(12-15)17-8-6-5-7-16(17)20/h5-8,13-15H,9-12H2,1-4H3. The molecule has 1 saturated heterocycles. The van der Waals surface area contributed by atoms with Crippen molar-refractivity contribution in [1.29, 1.82) is 0 Å². The summed E-state index contributed by atoms with van der Waals surface area (Å²) >= 11 is 6.21. The molecule has 1 atom stereocenters. The molecule has 0 saturated carbocycles. The van der Waals surface area contributed by atoms with Crippen LogP contribution in [0.4, 0.5) is 5.69 Å². The van der Waals surface area contributed by atoms with Crippen LogP contribution in [0, 0.1) is 17.8 Å². The molecule has 1 heterocycles. The Labute approximate surface area is 149 Å². The van der Waals surface area contributed by atoms with Gasteiger partial charge in [0.05, 0.1) is 16.6 Å². The maximum absolute atomic E-state index is 12.9. The van der Waals surface area contributed by atoms with Crippen molar-refractivity contribution < 1.29 is 9.59 Å². The molecule has 2 amide bonds. The molecule has 132 valence electrons. The van der Waals surface area contributed by atoms with Crippen molar-refractivity contribution in [2.45, 2.75) is 34.1 Å². The summed E-state index contributed by atoms with van der Waals surface area (Å²) in [7, 11) is 0. The lowest BCUT2D eigenvalue weighted by molar-refractivity contribution is -0.136. The van der Waals surface area contributed by atoms with Crippen LogP contribution >= 0.6 is 11.6 Å². The highest BCUT2D eigenvalue weighted by molar-refractivity contribution is 6.33. The molecule has 0 aromatic heterocycles. The van der Waals surface area contributed by atoms with Crippen molar-refractivity contribution in [3.63, 3.8) is 0 Å². The van der Waals surface area contributed by atoms with Crippen molar-refractivity contribution in [3.05, 3.63) is 29.3 Å². The fourth-order valence-corrected chi connectivity index (χ4v) is 3.41. The number of halogens is 1. The van der Waals surface area contributed by atoms with Crippen LogP contribution in [0.5, 0.6) is 0 Å². The Balaban J connectivity index is 2.13. The largest absolute Gasteiger partial charge is 0.342 e. The van der Waals surface area contributed by atoms with Gasteiger partial charge in [0.15, 0.2) is 0 Å². The van der Waals surface area contributed by atoms with Crippen molar-refractivity contribution in [1.82, 2.24) is 4.90 Å². The van der Waals surface area contributed by atoms with E-state index in [1.165, 1.54) is 0 Å². The second-order valence-corrected chi connectivity index (χ2v) is 7.79. The SMILES string of the molecule is CC(C)CN(CC(C)C)C(=O)C1CC(=O)N(c2ccccc2Cl)C1. The lowest BCUT2D eigenvalue weighted by Gasteiger charge is -2.29. The molecule has 0 N–H and O–H groups in total. The Morgan fingerprint density at radius 3 is 2.33 bits per heavy atom. The predicted molar refractivity (Wildman–Crippen MR) is 98.2 cm³/mol. The van der Waals surface area contributed by atoms with E-state index in [4.69, 9.17) is 11.6 Å². The van der Waals surface area contributed by atoms with Gasteiger partial charge in [0.2, 0.25) is 11.8 Å². The van der Waals surface area contributed by atoms with Crippen LogP contribution in [0.3, 0.4) is 0 Å². The molecule has 0 radical (unpaired) electrons. The highest BCUT2D eigenvalue weighted by Gasteiger charge is 2.37. The van der Waals surface area contributed by atoms with Crippen LogP contribution in [-0.2, 0) is 9.59 Å². The number of carbonyl (C=O) groups is 2. The summed E-state index contributed by atoms with van der Waals surface area (Å²) in [6.45, 7) is 10.3. The minimum Gasteiger partial charge on any atom is -0.342 e. The zero-order valence-corrected chi connectivity index (χ0v) is 15.7. The van der Waals surface area contributed by atoms with E-state index in [1.807, 2.05) is 23.1 Å². The normalized spacial score (nSPS) is 17.9. The minimum atomic E-state index is -0.286. The van der Waals surface area contributed by atoms with Crippen LogP contribution in [0.15, 0.2) is 24.3 Å². The van der Waals surface area contributed by atoms with Crippen LogP contribution < -0.4 is 4.90 Å². The number of para-hydroxylation sites is 1. The fraction of sp³-hybridized carbons (Fsp3) is 0.579. The molecule has 0 spiro atoms. The molecule has 1 aromatic carbocycles. The Bertz CT molecular complexity index is 591. The molecule has 1 aromatic rings. The van der Waals surface area contributed by atoms with Crippen LogP contribution in [0.1, 0.15) is 34.1 Å².